The Hall–Kier alpha value is -1.55. The topological polar surface area (TPSA) is 47.6 Å². The Morgan fingerprint density at radius 1 is 1.42 bits per heavy atom. The third-order valence-corrected chi connectivity index (χ3v) is 3.09. The van der Waals surface area contributed by atoms with Crippen molar-refractivity contribution in [3.63, 3.8) is 0 Å². The van der Waals surface area contributed by atoms with Crippen molar-refractivity contribution in [2.24, 2.45) is 0 Å². The van der Waals surface area contributed by atoms with Crippen molar-refractivity contribution >= 4 is 5.97 Å². The van der Waals surface area contributed by atoms with E-state index in [2.05, 4.69) is 16.1 Å². The largest absolute Gasteiger partial charge is 0.494 e. The zero-order valence-electron chi connectivity index (χ0n) is 11.4. The van der Waals surface area contributed by atoms with Gasteiger partial charge in [-0.1, -0.05) is 12.1 Å². The second kappa shape index (κ2) is 7.14. The molecule has 0 aliphatic heterocycles. The summed E-state index contributed by atoms with van der Waals surface area (Å²) >= 11 is 0. The first-order valence-corrected chi connectivity index (χ1v) is 6.80. The standard InChI is InChI=1S/C15H21NO3/c1-18-15(17)6-3-9-19-14-5-2-4-12(10-14)11-16-13-7-8-13/h2,4-5,10,13,16H,3,6-9,11H2,1H3. The summed E-state index contributed by atoms with van der Waals surface area (Å²) < 4.78 is 10.2. The average molecular weight is 263 g/mol. The molecule has 1 fully saturated rings. The molecule has 4 heteroatoms. The lowest BCUT2D eigenvalue weighted by molar-refractivity contribution is -0.140. The van der Waals surface area contributed by atoms with E-state index in [1.165, 1.54) is 25.5 Å². The number of hydrogen-bond acceptors (Lipinski definition) is 4. The molecule has 0 radical (unpaired) electrons. The van der Waals surface area contributed by atoms with Gasteiger partial charge in [0.05, 0.1) is 13.7 Å². The van der Waals surface area contributed by atoms with E-state index in [9.17, 15) is 4.79 Å². The van der Waals surface area contributed by atoms with E-state index in [1.807, 2.05) is 18.2 Å². The van der Waals surface area contributed by atoms with Crippen LogP contribution in [0.2, 0.25) is 0 Å². The molecule has 0 spiro atoms. The predicted molar refractivity (Wildman–Crippen MR) is 73.0 cm³/mol. The number of hydrogen-bond donors (Lipinski definition) is 1. The minimum atomic E-state index is -0.189. The van der Waals surface area contributed by atoms with Gasteiger partial charge in [0.25, 0.3) is 0 Å². The molecule has 1 aromatic carbocycles. The number of carbonyl (C=O) groups is 1. The molecule has 2 rings (SSSR count). The van der Waals surface area contributed by atoms with Crippen molar-refractivity contribution in [2.75, 3.05) is 13.7 Å². The Bertz CT molecular complexity index is 416. The van der Waals surface area contributed by atoms with E-state index in [4.69, 9.17) is 4.74 Å². The van der Waals surface area contributed by atoms with Crippen molar-refractivity contribution < 1.29 is 14.3 Å². The monoisotopic (exact) mass is 263 g/mol. The molecular weight excluding hydrogens is 242 g/mol. The van der Waals surface area contributed by atoms with Crippen LogP contribution in [0.1, 0.15) is 31.2 Å². The fraction of sp³-hybridized carbons (Fsp3) is 0.533. The van der Waals surface area contributed by atoms with Gasteiger partial charge in [-0.2, -0.15) is 0 Å². The van der Waals surface area contributed by atoms with Gasteiger partial charge >= 0.3 is 5.97 Å². The Morgan fingerprint density at radius 2 is 2.26 bits per heavy atom. The summed E-state index contributed by atoms with van der Waals surface area (Å²) in [5.74, 6) is 0.672. The lowest BCUT2D eigenvalue weighted by atomic mass is 10.2. The van der Waals surface area contributed by atoms with Crippen LogP contribution in [-0.4, -0.2) is 25.7 Å². The summed E-state index contributed by atoms with van der Waals surface area (Å²) in [5.41, 5.74) is 1.23. The molecule has 1 aliphatic rings. The number of carbonyl (C=O) groups excluding carboxylic acids is 1. The average Bonchev–Trinajstić information content (AvgIpc) is 3.26. The highest BCUT2D eigenvalue weighted by Gasteiger charge is 2.19. The van der Waals surface area contributed by atoms with Crippen LogP contribution in [0.4, 0.5) is 0 Å². The Labute approximate surface area is 114 Å². The first-order valence-electron chi connectivity index (χ1n) is 6.80. The number of rotatable bonds is 8. The molecule has 0 amide bonds. The molecular formula is C15H21NO3. The number of ether oxygens (including phenoxy) is 2. The van der Waals surface area contributed by atoms with Gasteiger partial charge in [-0.3, -0.25) is 4.79 Å². The van der Waals surface area contributed by atoms with Gasteiger partial charge < -0.3 is 14.8 Å². The predicted octanol–water partition coefficient (Wildman–Crippen LogP) is 2.27. The molecule has 4 nitrogen and oxygen atoms in total. The summed E-state index contributed by atoms with van der Waals surface area (Å²) in [6, 6.07) is 8.80. The number of esters is 1. The molecule has 19 heavy (non-hydrogen) atoms. The minimum absolute atomic E-state index is 0.189. The maximum absolute atomic E-state index is 10.9. The number of methoxy groups -OCH3 is 1. The second-order valence-electron chi connectivity index (χ2n) is 4.83. The molecule has 0 unspecified atom stereocenters. The summed E-state index contributed by atoms with van der Waals surface area (Å²) in [5, 5.41) is 3.47. The zero-order valence-corrected chi connectivity index (χ0v) is 11.4. The highest BCUT2D eigenvalue weighted by molar-refractivity contribution is 5.69. The molecule has 0 saturated heterocycles. The fourth-order valence-electron chi connectivity index (χ4n) is 1.80. The molecule has 0 bridgehead atoms. The van der Waals surface area contributed by atoms with E-state index in [-0.39, 0.29) is 5.97 Å². The molecule has 1 aliphatic carbocycles. The van der Waals surface area contributed by atoms with Gasteiger partial charge in [0.2, 0.25) is 0 Å². The summed E-state index contributed by atoms with van der Waals surface area (Å²) in [6.45, 7) is 1.43. The lowest BCUT2D eigenvalue weighted by Gasteiger charge is -2.08. The summed E-state index contributed by atoms with van der Waals surface area (Å²) in [6.07, 6.45) is 3.67. The first kappa shape index (κ1) is 13.9. The van der Waals surface area contributed by atoms with Crippen LogP contribution in [0, 0.1) is 0 Å². The summed E-state index contributed by atoms with van der Waals surface area (Å²) in [7, 11) is 1.40. The Kier molecular flexibility index (Phi) is 5.21. The highest BCUT2D eigenvalue weighted by Crippen LogP contribution is 2.20. The van der Waals surface area contributed by atoms with Crippen LogP contribution in [0.25, 0.3) is 0 Å². The van der Waals surface area contributed by atoms with Crippen LogP contribution in [0.3, 0.4) is 0 Å². The van der Waals surface area contributed by atoms with E-state index in [0.717, 1.165) is 12.3 Å². The van der Waals surface area contributed by atoms with Crippen LogP contribution in [-0.2, 0) is 16.1 Å². The van der Waals surface area contributed by atoms with Crippen LogP contribution >= 0.6 is 0 Å². The van der Waals surface area contributed by atoms with Gasteiger partial charge in [-0.15, -0.1) is 0 Å². The highest BCUT2D eigenvalue weighted by atomic mass is 16.5. The molecule has 1 N–H and O–H groups in total. The van der Waals surface area contributed by atoms with Crippen LogP contribution in [0.5, 0.6) is 5.75 Å². The molecule has 1 aromatic rings. The normalized spacial score (nSPS) is 14.2. The van der Waals surface area contributed by atoms with Crippen molar-refractivity contribution in [1.82, 2.24) is 5.32 Å². The molecule has 0 aromatic heterocycles. The quantitative estimate of drug-likeness (QED) is 0.577. The Morgan fingerprint density at radius 3 is 3.00 bits per heavy atom. The van der Waals surface area contributed by atoms with E-state index in [1.54, 1.807) is 0 Å². The fourth-order valence-corrected chi connectivity index (χ4v) is 1.80. The van der Waals surface area contributed by atoms with Gasteiger partial charge in [0.15, 0.2) is 0 Å². The summed E-state index contributed by atoms with van der Waals surface area (Å²) in [4.78, 5) is 10.9. The minimum Gasteiger partial charge on any atom is -0.494 e. The van der Waals surface area contributed by atoms with Gasteiger partial charge in [-0.25, -0.2) is 0 Å². The van der Waals surface area contributed by atoms with E-state index in [0.29, 0.717) is 25.5 Å². The van der Waals surface area contributed by atoms with E-state index < -0.39 is 0 Å². The molecule has 1 saturated carbocycles. The van der Waals surface area contributed by atoms with Gasteiger partial charge in [0.1, 0.15) is 5.75 Å². The molecule has 0 heterocycles. The van der Waals surface area contributed by atoms with Crippen molar-refractivity contribution in [2.45, 2.75) is 38.3 Å². The van der Waals surface area contributed by atoms with Crippen molar-refractivity contribution in [1.29, 1.82) is 0 Å². The first-order chi connectivity index (χ1) is 9.28. The smallest absolute Gasteiger partial charge is 0.305 e. The molecule has 104 valence electrons. The maximum atomic E-state index is 10.9. The van der Waals surface area contributed by atoms with Crippen molar-refractivity contribution in [3.05, 3.63) is 29.8 Å². The molecule has 0 atom stereocenters. The number of nitrogens with one attached hydrogen (secondary N) is 1. The van der Waals surface area contributed by atoms with Crippen LogP contribution in [0.15, 0.2) is 24.3 Å². The van der Waals surface area contributed by atoms with Gasteiger partial charge in [-0.05, 0) is 37.0 Å². The third kappa shape index (κ3) is 5.30. The zero-order chi connectivity index (χ0) is 13.5. The SMILES string of the molecule is COC(=O)CCCOc1cccc(CNC2CC2)c1. The lowest BCUT2D eigenvalue weighted by Crippen LogP contribution is -2.15. The van der Waals surface area contributed by atoms with Crippen LogP contribution < -0.4 is 10.1 Å². The number of benzene rings is 1. The Balaban J connectivity index is 1.70. The van der Waals surface area contributed by atoms with Gasteiger partial charge in [0, 0.05) is 19.0 Å². The maximum Gasteiger partial charge on any atom is 0.305 e. The van der Waals surface area contributed by atoms with Crippen molar-refractivity contribution in [3.8, 4) is 5.75 Å². The second-order valence-corrected chi connectivity index (χ2v) is 4.83. The van der Waals surface area contributed by atoms with E-state index >= 15 is 0 Å². The third-order valence-electron chi connectivity index (χ3n) is 3.09.